The number of nitro groups is 2. The summed E-state index contributed by atoms with van der Waals surface area (Å²) in [5.74, 6) is -0.557. The maximum absolute atomic E-state index is 13.1. The van der Waals surface area contributed by atoms with Crippen LogP contribution < -0.4 is 5.43 Å². The molecule has 0 atom stereocenters. The molecule has 2 N–H and O–H groups in total. The van der Waals surface area contributed by atoms with Crippen molar-refractivity contribution in [3.05, 3.63) is 104 Å². The number of aromatic nitrogens is 1. The van der Waals surface area contributed by atoms with Gasteiger partial charge in [0.15, 0.2) is 0 Å². The van der Waals surface area contributed by atoms with Gasteiger partial charge in [-0.2, -0.15) is 5.10 Å². The van der Waals surface area contributed by atoms with Crippen LogP contribution in [0.15, 0.2) is 71.8 Å². The van der Waals surface area contributed by atoms with Crippen molar-refractivity contribution in [1.82, 2.24) is 10.4 Å². The van der Waals surface area contributed by atoms with Crippen molar-refractivity contribution in [2.75, 3.05) is 0 Å². The molecule has 0 radical (unpaired) electrons. The van der Waals surface area contributed by atoms with Crippen LogP contribution >= 0.6 is 0 Å². The maximum Gasteiger partial charge on any atom is 0.288 e. The Kier molecular flexibility index (Phi) is 5.88. The number of nitrogens with one attached hydrogen (secondary N) is 2. The number of carbonyl (C=O) groups excluding carboxylic acids is 1. The number of amides is 1. The smallest absolute Gasteiger partial charge is 0.288 e. The third-order valence-corrected chi connectivity index (χ3v) is 5.43. The predicted molar refractivity (Wildman–Crippen MR) is 128 cm³/mol. The standard InChI is InChI=1S/C24H19N5O5/c1-14-8-9-17(12-21(14)29(33)34)15(2)26-27-24(30)23-22(16-6-4-3-5-7-16)19-13-18(28(31)32)10-11-20(19)25-23/h3-13,25H,1-2H3,(H,27,30). The average Bonchev–Trinajstić information content (AvgIpc) is 3.21. The first-order chi connectivity index (χ1) is 16.3. The van der Waals surface area contributed by atoms with Crippen LogP contribution in [0.3, 0.4) is 0 Å². The molecule has 1 amide bonds. The van der Waals surface area contributed by atoms with Crippen molar-refractivity contribution in [3.8, 4) is 11.1 Å². The summed E-state index contributed by atoms with van der Waals surface area (Å²) in [7, 11) is 0. The topological polar surface area (TPSA) is 144 Å². The lowest BCUT2D eigenvalue weighted by Crippen LogP contribution is -2.20. The van der Waals surface area contributed by atoms with Crippen molar-refractivity contribution >= 4 is 33.9 Å². The number of nitro benzene ring substituents is 2. The van der Waals surface area contributed by atoms with Gasteiger partial charge in [-0.15, -0.1) is 0 Å². The maximum atomic E-state index is 13.1. The first-order valence-corrected chi connectivity index (χ1v) is 10.2. The second kappa shape index (κ2) is 8.94. The van der Waals surface area contributed by atoms with Gasteiger partial charge < -0.3 is 4.98 Å². The number of hydrogen-bond donors (Lipinski definition) is 2. The normalized spacial score (nSPS) is 11.4. The number of hydrazone groups is 1. The monoisotopic (exact) mass is 457 g/mol. The molecule has 0 aliphatic carbocycles. The van der Waals surface area contributed by atoms with Gasteiger partial charge in [0.05, 0.1) is 15.6 Å². The Balaban J connectivity index is 1.73. The summed E-state index contributed by atoms with van der Waals surface area (Å²) >= 11 is 0. The van der Waals surface area contributed by atoms with Crippen LogP contribution in [0.1, 0.15) is 28.5 Å². The van der Waals surface area contributed by atoms with E-state index in [9.17, 15) is 25.0 Å². The van der Waals surface area contributed by atoms with E-state index >= 15 is 0 Å². The van der Waals surface area contributed by atoms with Gasteiger partial charge in [-0.25, -0.2) is 5.43 Å². The highest BCUT2D eigenvalue weighted by molar-refractivity contribution is 6.10. The van der Waals surface area contributed by atoms with Gasteiger partial charge in [-0.3, -0.25) is 25.0 Å². The van der Waals surface area contributed by atoms with Gasteiger partial charge in [-0.05, 0) is 25.5 Å². The zero-order chi connectivity index (χ0) is 24.4. The van der Waals surface area contributed by atoms with Crippen LogP contribution in [0.2, 0.25) is 0 Å². The summed E-state index contributed by atoms with van der Waals surface area (Å²) in [6.45, 7) is 3.27. The van der Waals surface area contributed by atoms with Gasteiger partial charge in [0.1, 0.15) is 5.69 Å². The number of rotatable bonds is 6. The quantitative estimate of drug-likeness (QED) is 0.235. The fraction of sp³-hybridized carbons (Fsp3) is 0.0833. The highest BCUT2D eigenvalue weighted by atomic mass is 16.6. The zero-order valence-electron chi connectivity index (χ0n) is 18.2. The first kappa shape index (κ1) is 22.3. The Morgan fingerprint density at radius 3 is 2.38 bits per heavy atom. The number of fused-ring (bicyclic) bond motifs is 1. The molecule has 4 rings (SSSR count). The van der Waals surface area contributed by atoms with Crippen molar-refractivity contribution < 1.29 is 14.6 Å². The average molecular weight is 457 g/mol. The van der Waals surface area contributed by atoms with Crippen molar-refractivity contribution in [2.45, 2.75) is 13.8 Å². The molecule has 4 aromatic rings. The number of non-ortho nitro benzene ring substituents is 1. The molecule has 1 heterocycles. The van der Waals surface area contributed by atoms with Crippen molar-refractivity contribution in [1.29, 1.82) is 0 Å². The Morgan fingerprint density at radius 1 is 0.971 bits per heavy atom. The minimum atomic E-state index is -0.557. The number of nitrogens with zero attached hydrogens (tertiary/aromatic N) is 3. The van der Waals surface area contributed by atoms with E-state index in [-0.39, 0.29) is 17.1 Å². The van der Waals surface area contributed by atoms with E-state index in [0.717, 1.165) is 0 Å². The molecule has 3 aromatic carbocycles. The first-order valence-electron chi connectivity index (χ1n) is 10.2. The van der Waals surface area contributed by atoms with E-state index in [2.05, 4.69) is 15.5 Å². The predicted octanol–water partition coefficient (Wildman–Crippen LogP) is 5.11. The van der Waals surface area contributed by atoms with E-state index in [1.807, 2.05) is 6.07 Å². The van der Waals surface area contributed by atoms with Gasteiger partial charge in [-0.1, -0.05) is 42.5 Å². The Bertz CT molecular complexity index is 1470. The van der Waals surface area contributed by atoms with E-state index in [1.165, 1.54) is 18.2 Å². The van der Waals surface area contributed by atoms with Gasteiger partial charge in [0.25, 0.3) is 17.3 Å². The molecule has 0 bridgehead atoms. The third kappa shape index (κ3) is 4.24. The molecular formula is C24H19N5O5. The molecule has 0 aliphatic rings. The van der Waals surface area contributed by atoms with E-state index < -0.39 is 15.8 Å². The van der Waals surface area contributed by atoms with Crippen LogP contribution in [-0.4, -0.2) is 26.4 Å². The summed E-state index contributed by atoms with van der Waals surface area (Å²) in [6, 6.07) is 18.1. The third-order valence-electron chi connectivity index (χ3n) is 5.43. The minimum Gasteiger partial charge on any atom is -0.350 e. The molecule has 0 fully saturated rings. The SMILES string of the molecule is CC(=NNC(=O)c1[nH]c2ccc([N+](=O)[O-])cc2c1-c1ccccc1)c1ccc(C)c([N+](=O)[O-])c1. The number of carbonyl (C=O) groups is 1. The van der Waals surface area contributed by atoms with Gasteiger partial charge in [0.2, 0.25) is 0 Å². The van der Waals surface area contributed by atoms with Crippen molar-refractivity contribution in [2.24, 2.45) is 5.10 Å². The fourth-order valence-corrected chi connectivity index (χ4v) is 3.65. The second-order valence-corrected chi connectivity index (χ2v) is 7.62. The molecule has 10 nitrogen and oxygen atoms in total. The molecule has 0 unspecified atom stereocenters. The van der Waals surface area contributed by atoms with Crippen LogP contribution in [0, 0.1) is 27.2 Å². The summed E-state index contributed by atoms with van der Waals surface area (Å²) in [5.41, 5.74) is 5.70. The number of aromatic amines is 1. The summed E-state index contributed by atoms with van der Waals surface area (Å²) in [5, 5.41) is 27.2. The van der Waals surface area contributed by atoms with E-state index in [4.69, 9.17) is 0 Å². The lowest BCUT2D eigenvalue weighted by atomic mass is 10.0. The highest BCUT2D eigenvalue weighted by Crippen LogP contribution is 2.34. The fourth-order valence-electron chi connectivity index (χ4n) is 3.65. The molecule has 0 spiro atoms. The number of hydrogen-bond acceptors (Lipinski definition) is 6. The Morgan fingerprint density at radius 2 is 1.71 bits per heavy atom. The molecule has 170 valence electrons. The highest BCUT2D eigenvalue weighted by Gasteiger charge is 2.21. The largest absolute Gasteiger partial charge is 0.350 e. The molecule has 10 heteroatoms. The van der Waals surface area contributed by atoms with Crippen molar-refractivity contribution in [3.63, 3.8) is 0 Å². The molecule has 0 aliphatic heterocycles. The molecular weight excluding hydrogens is 438 g/mol. The van der Waals surface area contributed by atoms with E-state index in [1.54, 1.807) is 56.3 Å². The lowest BCUT2D eigenvalue weighted by Gasteiger charge is -2.06. The second-order valence-electron chi connectivity index (χ2n) is 7.62. The van der Waals surface area contributed by atoms with Gasteiger partial charge in [0, 0.05) is 45.8 Å². The summed E-state index contributed by atoms with van der Waals surface area (Å²) in [6.07, 6.45) is 0. The number of benzene rings is 3. The summed E-state index contributed by atoms with van der Waals surface area (Å²) < 4.78 is 0. The van der Waals surface area contributed by atoms with Crippen LogP contribution in [0.25, 0.3) is 22.0 Å². The molecule has 0 saturated carbocycles. The molecule has 1 aromatic heterocycles. The number of H-pyrrole nitrogens is 1. The van der Waals surface area contributed by atoms with Crippen LogP contribution in [-0.2, 0) is 0 Å². The molecule has 0 saturated heterocycles. The minimum absolute atomic E-state index is 0.0399. The summed E-state index contributed by atoms with van der Waals surface area (Å²) in [4.78, 5) is 37.7. The van der Waals surface area contributed by atoms with Crippen LogP contribution in [0.5, 0.6) is 0 Å². The van der Waals surface area contributed by atoms with E-state index in [0.29, 0.717) is 38.9 Å². The lowest BCUT2D eigenvalue weighted by molar-refractivity contribution is -0.385. The Hall–Kier alpha value is -4.86. The van der Waals surface area contributed by atoms with Gasteiger partial charge >= 0.3 is 0 Å². The zero-order valence-corrected chi connectivity index (χ0v) is 18.2. The molecule has 34 heavy (non-hydrogen) atoms. The van der Waals surface area contributed by atoms with Crippen LogP contribution in [0.4, 0.5) is 11.4 Å². The Labute approximate surface area is 193 Å². The number of aryl methyl sites for hydroxylation is 1.